The van der Waals surface area contributed by atoms with Gasteiger partial charge >= 0.3 is 0 Å². The van der Waals surface area contributed by atoms with E-state index in [1.54, 1.807) is 31.5 Å². The monoisotopic (exact) mass is 596 g/mol. The highest BCUT2D eigenvalue weighted by atomic mass is 127. The molecule has 7 nitrogen and oxygen atoms in total. The van der Waals surface area contributed by atoms with Gasteiger partial charge < -0.3 is 18.9 Å². The van der Waals surface area contributed by atoms with Gasteiger partial charge in [0.05, 0.1) is 31.1 Å². The number of nitrogens with zero attached hydrogens (tertiary/aromatic N) is 1. The number of hydrazone groups is 1. The van der Waals surface area contributed by atoms with Gasteiger partial charge in [-0.2, -0.15) is 5.10 Å². The molecule has 36 heavy (non-hydrogen) atoms. The molecular formula is C28H25IN2O5. The molecule has 0 spiro atoms. The fourth-order valence-corrected chi connectivity index (χ4v) is 4.47. The smallest absolute Gasteiger partial charge is 0.271 e. The molecule has 8 heteroatoms. The van der Waals surface area contributed by atoms with Gasteiger partial charge in [-0.3, -0.25) is 4.79 Å². The zero-order valence-corrected chi connectivity index (χ0v) is 22.2. The number of hydrogen-bond donors (Lipinski definition) is 1. The Kier molecular flexibility index (Phi) is 8.27. The van der Waals surface area contributed by atoms with Gasteiger partial charge in [0, 0.05) is 11.6 Å². The van der Waals surface area contributed by atoms with E-state index in [0.717, 1.165) is 20.1 Å². The summed E-state index contributed by atoms with van der Waals surface area (Å²) >= 11 is 2.20. The Balaban J connectivity index is 1.48. The first-order valence-corrected chi connectivity index (χ1v) is 12.1. The average Bonchev–Trinajstić information content (AvgIpc) is 2.91. The minimum Gasteiger partial charge on any atom is -0.497 e. The topological polar surface area (TPSA) is 78.4 Å². The van der Waals surface area contributed by atoms with Crippen LogP contribution in [0.1, 0.15) is 21.5 Å². The molecule has 0 fully saturated rings. The number of carbonyl (C=O) groups is 1. The molecule has 1 N–H and O–H groups in total. The number of hydrogen-bond acceptors (Lipinski definition) is 6. The van der Waals surface area contributed by atoms with E-state index in [4.69, 9.17) is 18.9 Å². The first-order chi connectivity index (χ1) is 17.5. The van der Waals surface area contributed by atoms with Gasteiger partial charge in [0.25, 0.3) is 5.91 Å². The second kappa shape index (κ2) is 11.8. The summed E-state index contributed by atoms with van der Waals surface area (Å²) in [6.45, 7) is 0.404. The maximum absolute atomic E-state index is 12.5. The SMILES string of the molecule is COc1cc(OC)cc(C(=O)N/N=C\c2cc(I)c(OCc3cccc4ccccc34)c(OC)c2)c1. The van der Waals surface area contributed by atoms with Gasteiger partial charge in [0.2, 0.25) is 0 Å². The molecule has 0 saturated carbocycles. The normalized spacial score (nSPS) is 10.9. The summed E-state index contributed by atoms with van der Waals surface area (Å²) in [5.74, 6) is 1.87. The quantitative estimate of drug-likeness (QED) is 0.150. The highest BCUT2D eigenvalue weighted by Gasteiger charge is 2.13. The average molecular weight is 596 g/mol. The Morgan fingerprint density at radius 2 is 1.64 bits per heavy atom. The Labute approximate surface area is 223 Å². The van der Waals surface area contributed by atoms with Crippen LogP contribution in [0.3, 0.4) is 0 Å². The van der Waals surface area contributed by atoms with Crippen molar-refractivity contribution in [2.24, 2.45) is 5.10 Å². The zero-order valence-electron chi connectivity index (χ0n) is 20.1. The molecule has 0 aliphatic heterocycles. The molecule has 0 saturated heterocycles. The molecule has 4 aromatic rings. The zero-order chi connectivity index (χ0) is 25.5. The number of methoxy groups -OCH3 is 3. The van der Waals surface area contributed by atoms with Crippen molar-refractivity contribution in [1.82, 2.24) is 5.43 Å². The van der Waals surface area contributed by atoms with Gasteiger partial charge in [-0.25, -0.2) is 5.43 Å². The van der Waals surface area contributed by atoms with Crippen molar-refractivity contribution >= 4 is 45.5 Å². The van der Waals surface area contributed by atoms with Crippen LogP contribution in [0.25, 0.3) is 10.8 Å². The lowest BCUT2D eigenvalue weighted by atomic mass is 10.1. The Morgan fingerprint density at radius 3 is 2.36 bits per heavy atom. The van der Waals surface area contributed by atoms with Crippen LogP contribution in [0.15, 0.2) is 77.9 Å². The van der Waals surface area contributed by atoms with Crippen molar-refractivity contribution < 1.29 is 23.7 Å². The molecule has 0 aliphatic carbocycles. The van der Waals surface area contributed by atoms with Crippen LogP contribution in [-0.4, -0.2) is 33.5 Å². The summed E-state index contributed by atoms with van der Waals surface area (Å²) in [6, 6.07) is 23.0. The first kappa shape index (κ1) is 25.3. The molecule has 4 rings (SSSR count). The number of carbonyl (C=O) groups excluding carboxylic acids is 1. The van der Waals surface area contributed by atoms with Crippen molar-refractivity contribution in [3.05, 3.63) is 93.1 Å². The molecule has 0 heterocycles. The number of halogens is 1. The summed E-state index contributed by atoms with van der Waals surface area (Å²) in [5, 5.41) is 6.42. The van der Waals surface area contributed by atoms with Crippen LogP contribution in [0, 0.1) is 3.57 Å². The van der Waals surface area contributed by atoms with Gasteiger partial charge in [0.1, 0.15) is 18.1 Å². The van der Waals surface area contributed by atoms with E-state index in [9.17, 15) is 4.79 Å². The number of rotatable bonds is 9. The van der Waals surface area contributed by atoms with E-state index in [0.29, 0.717) is 35.2 Å². The van der Waals surface area contributed by atoms with Crippen molar-refractivity contribution in [2.75, 3.05) is 21.3 Å². The third-order valence-electron chi connectivity index (χ3n) is 5.50. The molecule has 184 valence electrons. The lowest BCUT2D eigenvalue weighted by molar-refractivity contribution is 0.0954. The van der Waals surface area contributed by atoms with Crippen LogP contribution in [0.4, 0.5) is 0 Å². The number of amides is 1. The third-order valence-corrected chi connectivity index (χ3v) is 6.30. The molecular weight excluding hydrogens is 571 g/mol. The first-order valence-electron chi connectivity index (χ1n) is 11.1. The maximum Gasteiger partial charge on any atom is 0.271 e. The van der Waals surface area contributed by atoms with Crippen molar-refractivity contribution in [3.8, 4) is 23.0 Å². The van der Waals surface area contributed by atoms with Crippen LogP contribution >= 0.6 is 22.6 Å². The maximum atomic E-state index is 12.5. The summed E-state index contributed by atoms with van der Waals surface area (Å²) in [5.41, 5.74) is 4.74. The minimum absolute atomic E-state index is 0.368. The Hall–Kier alpha value is -3.79. The van der Waals surface area contributed by atoms with Crippen LogP contribution < -0.4 is 24.4 Å². The number of fused-ring (bicyclic) bond motifs is 1. The van der Waals surface area contributed by atoms with Gasteiger partial charge in [-0.05, 0) is 68.8 Å². The van der Waals surface area contributed by atoms with Crippen LogP contribution in [0.5, 0.6) is 23.0 Å². The summed E-state index contributed by atoms with van der Waals surface area (Å²) in [4.78, 5) is 12.5. The van der Waals surface area contributed by atoms with E-state index in [1.165, 1.54) is 19.6 Å². The molecule has 0 aliphatic rings. The van der Waals surface area contributed by atoms with Gasteiger partial charge in [0.15, 0.2) is 11.5 Å². The molecule has 0 atom stereocenters. The second-order valence-corrected chi connectivity index (χ2v) is 8.92. The Bertz CT molecular complexity index is 1390. The van der Waals surface area contributed by atoms with Gasteiger partial charge in [-0.15, -0.1) is 0 Å². The van der Waals surface area contributed by atoms with Crippen molar-refractivity contribution in [2.45, 2.75) is 6.61 Å². The summed E-state index contributed by atoms with van der Waals surface area (Å²) in [6.07, 6.45) is 1.55. The van der Waals surface area contributed by atoms with Crippen LogP contribution in [0.2, 0.25) is 0 Å². The van der Waals surface area contributed by atoms with Crippen LogP contribution in [-0.2, 0) is 6.61 Å². The summed E-state index contributed by atoms with van der Waals surface area (Å²) in [7, 11) is 4.65. The van der Waals surface area contributed by atoms with E-state index in [-0.39, 0.29) is 5.91 Å². The Morgan fingerprint density at radius 1 is 0.917 bits per heavy atom. The second-order valence-electron chi connectivity index (χ2n) is 7.76. The molecule has 4 aromatic carbocycles. The summed E-state index contributed by atoms with van der Waals surface area (Å²) < 4.78 is 23.1. The molecule has 0 aromatic heterocycles. The molecule has 0 bridgehead atoms. The fraction of sp³-hybridized carbons (Fsp3) is 0.143. The van der Waals surface area contributed by atoms with Crippen molar-refractivity contribution in [1.29, 1.82) is 0 Å². The standard InChI is InChI=1S/C28H25IN2O5/c1-33-22-13-21(14-23(15-22)34-2)28(32)31-30-16-18-11-25(29)27(26(12-18)35-3)36-17-20-9-6-8-19-7-4-5-10-24(19)20/h4-16H,17H2,1-3H3,(H,31,32)/b30-16-. The van der Waals surface area contributed by atoms with E-state index in [2.05, 4.69) is 57.4 Å². The minimum atomic E-state index is -0.389. The lowest BCUT2D eigenvalue weighted by Crippen LogP contribution is -2.17. The highest BCUT2D eigenvalue weighted by Crippen LogP contribution is 2.34. The third kappa shape index (κ3) is 5.88. The number of benzene rings is 4. The number of nitrogens with one attached hydrogen (secondary N) is 1. The molecule has 0 unspecified atom stereocenters. The van der Waals surface area contributed by atoms with E-state index in [1.807, 2.05) is 30.3 Å². The van der Waals surface area contributed by atoms with Crippen molar-refractivity contribution in [3.63, 3.8) is 0 Å². The molecule has 0 radical (unpaired) electrons. The predicted octanol–water partition coefficient (Wildman–Crippen LogP) is 5.81. The van der Waals surface area contributed by atoms with E-state index < -0.39 is 0 Å². The van der Waals surface area contributed by atoms with E-state index >= 15 is 0 Å². The highest BCUT2D eigenvalue weighted by molar-refractivity contribution is 14.1. The fourth-order valence-electron chi connectivity index (χ4n) is 3.69. The number of ether oxygens (including phenoxy) is 4. The predicted molar refractivity (Wildman–Crippen MR) is 149 cm³/mol. The molecule has 1 amide bonds. The largest absolute Gasteiger partial charge is 0.497 e. The van der Waals surface area contributed by atoms with Gasteiger partial charge in [-0.1, -0.05) is 42.5 Å². The lowest BCUT2D eigenvalue weighted by Gasteiger charge is -2.14.